The Kier molecular flexibility index (Phi) is 3.50. The Hall–Kier alpha value is -2.52. The van der Waals surface area contributed by atoms with Crippen molar-refractivity contribution in [2.75, 3.05) is 5.32 Å². The number of amides is 1. The predicted molar refractivity (Wildman–Crippen MR) is 85.0 cm³/mol. The minimum Gasteiger partial charge on any atom is -0.506 e. The van der Waals surface area contributed by atoms with E-state index in [2.05, 4.69) is 5.32 Å². The van der Waals surface area contributed by atoms with E-state index in [9.17, 15) is 9.90 Å². The van der Waals surface area contributed by atoms with Gasteiger partial charge in [0.15, 0.2) is 0 Å². The average molecular weight is 298 g/mol. The summed E-state index contributed by atoms with van der Waals surface area (Å²) >= 11 is 5.84. The maximum atomic E-state index is 12.4. The Morgan fingerprint density at radius 2 is 1.76 bits per heavy atom. The third-order valence-electron chi connectivity index (χ3n) is 3.24. The second-order valence-corrected chi connectivity index (χ2v) is 5.05. The smallest absolute Gasteiger partial charge is 0.256 e. The van der Waals surface area contributed by atoms with Gasteiger partial charge in [0.25, 0.3) is 5.91 Å². The van der Waals surface area contributed by atoms with Crippen LogP contribution in [-0.2, 0) is 0 Å². The SMILES string of the molecule is O=C(Nc1ccc(O)c(Cl)c1)c1cccc2ccccc12. The van der Waals surface area contributed by atoms with Gasteiger partial charge in [0.05, 0.1) is 5.02 Å². The molecule has 0 spiro atoms. The zero-order chi connectivity index (χ0) is 14.8. The first-order valence-corrected chi connectivity index (χ1v) is 6.80. The number of halogens is 1. The zero-order valence-electron chi connectivity index (χ0n) is 11.0. The summed E-state index contributed by atoms with van der Waals surface area (Å²) in [5.41, 5.74) is 1.13. The molecular weight excluding hydrogens is 286 g/mol. The Balaban J connectivity index is 1.95. The molecule has 0 aliphatic rings. The van der Waals surface area contributed by atoms with Crippen molar-refractivity contribution in [3.05, 3.63) is 71.2 Å². The van der Waals surface area contributed by atoms with Crippen molar-refractivity contribution in [3.8, 4) is 5.75 Å². The van der Waals surface area contributed by atoms with Gasteiger partial charge in [0.2, 0.25) is 0 Å². The van der Waals surface area contributed by atoms with Crippen molar-refractivity contribution in [1.29, 1.82) is 0 Å². The normalized spacial score (nSPS) is 10.5. The van der Waals surface area contributed by atoms with E-state index in [0.717, 1.165) is 10.8 Å². The molecule has 0 unspecified atom stereocenters. The summed E-state index contributed by atoms with van der Waals surface area (Å²) in [6, 6.07) is 17.9. The lowest BCUT2D eigenvalue weighted by molar-refractivity contribution is 0.102. The van der Waals surface area contributed by atoms with Gasteiger partial charge in [-0.25, -0.2) is 0 Å². The number of nitrogens with one attached hydrogen (secondary N) is 1. The van der Waals surface area contributed by atoms with Crippen LogP contribution in [0, 0.1) is 0 Å². The first-order chi connectivity index (χ1) is 10.1. The molecule has 104 valence electrons. The average Bonchev–Trinajstić information content (AvgIpc) is 2.50. The highest BCUT2D eigenvalue weighted by Crippen LogP contribution is 2.27. The number of hydrogen-bond acceptors (Lipinski definition) is 2. The van der Waals surface area contributed by atoms with Crippen LogP contribution in [0.1, 0.15) is 10.4 Å². The molecule has 0 aliphatic heterocycles. The minimum absolute atomic E-state index is 0.0140. The number of phenols is 1. The number of rotatable bonds is 2. The van der Waals surface area contributed by atoms with E-state index < -0.39 is 0 Å². The van der Waals surface area contributed by atoms with Gasteiger partial charge >= 0.3 is 0 Å². The first kappa shape index (κ1) is 13.5. The van der Waals surface area contributed by atoms with Crippen LogP contribution < -0.4 is 5.32 Å². The summed E-state index contributed by atoms with van der Waals surface area (Å²) in [6.45, 7) is 0. The van der Waals surface area contributed by atoms with Crippen LogP contribution in [0.25, 0.3) is 10.8 Å². The van der Waals surface area contributed by atoms with Crippen LogP contribution >= 0.6 is 11.6 Å². The number of aromatic hydroxyl groups is 1. The van der Waals surface area contributed by atoms with Crippen LogP contribution in [0.5, 0.6) is 5.75 Å². The molecule has 21 heavy (non-hydrogen) atoms. The molecule has 3 nitrogen and oxygen atoms in total. The van der Waals surface area contributed by atoms with E-state index in [1.54, 1.807) is 12.1 Å². The van der Waals surface area contributed by atoms with E-state index in [-0.39, 0.29) is 16.7 Å². The summed E-state index contributed by atoms with van der Waals surface area (Å²) in [5, 5.41) is 14.3. The number of carbonyl (C=O) groups is 1. The molecule has 3 aromatic rings. The molecule has 0 heterocycles. The molecule has 0 radical (unpaired) electrons. The summed E-state index contributed by atoms with van der Waals surface area (Å²) in [4.78, 5) is 12.4. The number of carbonyl (C=O) groups excluding carboxylic acids is 1. The van der Waals surface area contributed by atoms with Crippen molar-refractivity contribution < 1.29 is 9.90 Å². The quantitative estimate of drug-likeness (QED) is 0.687. The van der Waals surface area contributed by atoms with Gasteiger partial charge < -0.3 is 10.4 Å². The van der Waals surface area contributed by atoms with Crippen LogP contribution in [-0.4, -0.2) is 11.0 Å². The molecule has 3 aromatic carbocycles. The van der Waals surface area contributed by atoms with E-state index in [1.807, 2.05) is 36.4 Å². The van der Waals surface area contributed by atoms with Crippen molar-refractivity contribution in [2.24, 2.45) is 0 Å². The number of benzene rings is 3. The van der Waals surface area contributed by atoms with Crippen molar-refractivity contribution >= 4 is 34.0 Å². The maximum Gasteiger partial charge on any atom is 0.256 e. The third-order valence-corrected chi connectivity index (χ3v) is 3.54. The van der Waals surface area contributed by atoms with Gasteiger partial charge in [-0.3, -0.25) is 4.79 Å². The van der Waals surface area contributed by atoms with Crippen LogP contribution in [0.3, 0.4) is 0 Å². The molecule has 0 fully saturated rings. The number of phenolic OH excluding ortho intramolecular Hbond substituents is 1. The Labute approximate surface area is 126 Å². The fourth-order valence-corrected chi connectivity index (χ4v) is 2.39. The first-order valence-electron chi connectivity index (χ1n) is 6.43. The molecule has 1 amide bonds. The predicted octanol–water partition coefficient (Wildman–Crippen LogP) is 4.45. The van der Waals surface area contributed by atoms with Crippen LogP contribution in [0.4, 0.5) is 5.69 Å². The van der Waals surface area contributed by atoms with E-state index in [1.165, 1.54) is 12.1 Å². The Bertz CT molecular complexity index is 825. The molecule has 2 N–H and O–H groups in total. The van der Waals surface area contributed by atoms with Crippen molar-refractivity contribution in [1.82, 2.24) is 0 Å². The lowest BCUT2D eigenvalue weighted by atomic mass is 10.0. The Morgan fingerprint density at radius 3 is 2.57 bits per heavy atom. The van der Waals surface area contributed by atoms with E-state index >= 15 is 0 Å². The highest BCUT2D eigenvalue weighted by atomic mass is 35.5. The fourth-order valence-electron chi connectivity index (χ4n) is 2.21. The molecule has 0 saturated heterocycles. The highest BCUT2D eigenvalue weighted by Gasteiger charge is 2.10. The topological polar surface area (TPSA) is 49.3 Å². The van der Waals surface area contributed by atoms with Gasteiger partial charge in [-0.2, -0.15) is 0 Å². The lowest BCUT2D eigenvalue weighted by Crippen LogP contribution is -2.12. The molecular formula is C17H12ClNO2. The second kappa shape index (κ2) is 5.46. The number of hydrogen-bond donors (Lipinski definition) is 2. The van der Waals surface area contributed by atoms with E-state index in [0.29, 0.717) is 11.3 Å². The maximum absolute atomic E-state index is 12.4. The Morgan fingerprint density at radius 1 is 1.00 bits per heavy atom. The van der Waals surface area contributed by atoms with Crippen LogP contribution in [0.2, 0.25) is 5.02 Å². The minimum atomic E-state index is -0.214. The number of anilines is 1. The third kappa shape index (κ3) is 2.69. The lowest BCUT2D eigenvalue weighted by Gasteiger charge is -2.09. The summed E-state index contributed by atoms with van der Waals surface area (Å²) in [5.74, 6) is -0.228. The van der Waals surface area contributed by atoms with Gasteiger partial charge in [0, 0.05) is 11.3 Å². The van der Waals surface area contributed by atoms with Crippen LogP contribution in [0.15, 0.2) is 60.7 Å². The monoisotopic (exact) mass is 297 g/mol. The van der Waals surface area contributed by atoms with Crippen molar-refractivity contribution in [2.45, 2.75) is 0 Å². The summed E-state index contributed by atoms with van der Waals surface area (Å²) < 4.78 is 0. The zero-order valence-corrected chi connectivity index (χ0v) is 11.8. The highest BCUT2D eigenvalue weighted by molar-refractivity contribution is 6.32. The summed E-state index contributed by atoms with van der Waals surface area (Å²) in [7, 11) is 0. The molecule has 0 aromatic heterocycles. The molecule has 0 aliphatic carbocycles. The van der Waals surface area contributed by atoms with Crippen molar-refractivity contribution in [3.63, 3.8) is 0 Å². The number of fused-ring (bicyclic) bond motifs is 1. The summed E-state index contributed by atoms with van der Waals surface area (Å²) in [6.07, 6.45) is 0. The standard InChI is InChI=1S/C17H12ClNO2/c18-15-10-12(8-9-16(15)20)19-17(21)14-7-3-5-11-4-1-2-6-13(11)14/h1-10,20H,(H,19,21). The molecule has 0 saturated carbocycles. The molecule has 0 atom stereocenters. The largest absolute Gasteiger partial charge is 0.506 e. The second-order valence-electron chi connectivity index (χ2n) is 4.65. The molecule has 0 bridgehead atoms. The van der Waals surface area contributed by atoms with Gasteiger partial charge in [-0.05, 0) is 35.0 Å². The van der Waals surface area contributed by atoms with E-state index in [4.69, 9.17) is 11.6 Å². The van der Waals surface area contributed by atoms with Gasteiger partial charge in [0.1, 0.15) is 5.75 Å². The fraction of sp³-hybridized carbons (Fsp3) is 0. The molecule has 3 rings (SSSR count). The van der Waals surface area contributed by atoms with Gasteiger partial charge in [-0.15, -0.1) is 0 Å². The molecule has 4 heteroatoms. The van der Waals surface area contributed by atoms with Gasteiger partial charge in [-0.1, -0.05) is 48.0 Å².